The van der Waals surface area contributed by atoms with E-state index in [9.17, 15) is 0 Å². The molecule has 0 aromatic rings. The quantitative estimate of drug-likeness (QED) is 0.425. The summed E-state index contributed by atoms with van der Waals surface area (Å²) in [5.74, 6) is 0. The van der Waals surface area contributed by atoms with Crippen molar-refractivity contribution in [3.8, 4) is 0 Å². The summed E-state index contributed by atoms with van der Waals surface area (Å²) in [7, 11) is -1.28. The van der Waals surface area contributed by atoms with Gasteiger partial charge in [0.2, 0.25) is 0 Å². The van der Waals surface area contributed by atoms with Crippen LogP contribution in [0.4, 0.5) is 0 Å². The molecule has 13 heavy (non-hydrogen) atoms. The summed E-state index contributed by atoms with van der Waals surface area (Å²) >= 11 is 0. The fourth-order valence-corrected chi connectivity index (χ4v) is 3.12. The Balaban J connectivity index is 3.33. The topological polar surface area (TPSA) is 18.5 Å². The minimum Gasteiger partial charge on any atom is -0.397 e. The highest BCUT2D eigenvalue weighted by molar-refractivity contribution is 6.44. The monoisotopic (exact) mass is 204 g/mol. The maximum Gasteiger partial charge on any atom is 0.321 e. The van der Waals surface area contributed by atoms with Crippen LogP contribution in [0.3, 0.4) is 0 Å². The van der Waals surface area contributed by atoms with Crippen LogP contribution in [0, 0.1) is 0 Å². The summed E-state index contributed by atoms with van der Waals surface area (Å²) in [6.45, 7) is 7.95. The van der Waals surface area contributed by atoms with Gasteiger partial charge < -0.3 is 8.85 Å². The molecule has 0 saturated carbocycles. The molecule has 0 aromatic heterocycles. The van der Waals surface area contributed by atoms with Crippen LogP contribution in [-0.4, -0.2) is 22.5 Å². The smallest absolute Gasteiger partial charge is 0.321 e. The van der Waals surface area contributed by atoms with Gasteiger partial charge in [-0.3, -0.25) is 0 Å². The van der Waals surface area contributed by atoms with Gasteiger partial charge in [-0.25, -0.2) is 0 Å². The maximum absolute atomic E-state index is 5.58. The summed E-state index contributed by atoms with van der Waals surface area (Å²) in [5, 5.41) is 0. The third kappa shape index (κ3) is 8.47. The Morgan fingerprint density at radius 3 is 1.92 bits per heavy atom. The molecule has 0 aliphatic rings. The molecule has 0 aliphatic carbocycles. The number of rotatable bonds is 9. The Labute approximate surface area is 84.5 Å². The van der Waals surface area contributed by atoms with Crippen LogP contribution in [0.15, 0.2) is 0 Å². The van der Waals surface area contributed by atoms with Gasteiger partial charge in [-0.1, -0.05) is 32.6 Å². The van der Waals surface area contributed by atoms with Crippen LogP contribution < -0.4 is 0 Å². The standard InChI is InChI=1S/C10H24O2Si/c1-4-7-8-9-10-13(11-5-2)12-6-3/h13H,4-10H2,1-3H3. The highest BCUT2D eigenvalue weighted by atomic mass is 28.3. The molecule has 0 amide bonds. The Morgan fingerprint density at radius 2 is 1.46 bits per heavy atom. The molecule has 0 heterocycles. The minimum absolute atomic E-state index is 0.810. The van der Waals surface area contributed by atoms with Crippen molar-refractivity contribution in [1.82, 2.24) is 0 Å². The molecule has 0 spiro atoms. The SMILES string of the molecule is CCCCCC[SiH](OCC)OCC. The molecule has 0 atom stereocenters. The van der Waals surface area contributed by atoms with E-state index in [0.717, 1.165) is 13.2 Å². The van der Waals surface area contributed by atoms with Crippen molar-refractivity contribution in [2.75, 3.05) is 13.2 Å². The van der Waals surface area contributed by atoms with Gasteiger partial charge in [-0.15, -0.1) is 0 Å². The molecule has 0 N–H and O–H groups in total. The van der Waals surface area contributed by atoms with Gasteiger partial charge in [0, 0.05) is 13.2 Å². The molecule has 0 unspecified atom stereocenters. The van der Waals surface area contributed by atoms with Crippen LogP contribution in [-0.2, 0) is 8.85 Å². The van der Waals surface area contributed by atoms with Crippen molar-refractivity contribution in [3.05, 3.63) is 0 Å². The Kier molecular flexibility index (Phi) is 10.3. The highest BCUT2D eigenvalue weighted by Gasteiger charge is 2.10. The molecular weight excluding hydrogens is 180 g/mol. The molecule has 3 heteroatoms. The van der Waals surface area contributed by atoms with Crippen molar-refractivity contribution >= 4 is 9.28 Å². The average Bonchev–Trinajstić information content (AvgIpc) is 2.13. The lowest BCUT2D eigenvalue weighted by molar-refractivity contribution is 0.212. The molecule has 80 valence electrons. The van der Waals surface area contributed by atoms with Crippen LogP contribution in [0.25, 0.3) is 0 Å². The first kappa shape index (κ1) is 13.1. The van der Waals surface area contributed by atoms with Gasteiger partial charge in [-0.05, 0) is 19.9 Å². The van der Waals surface area contributed by atoms with Crippen molar-refractivity contribution in [2.45, 2.75) is 52.5 Å². The zero-order chi connectivity index (χ0) is 9.94. The molecule has 0 bridgehead atoms. The molecule has 0 saturated heterocycles. The summed E-state index contributed by atoms with van der Waals surface area (Å²) in [6.07, 6.45) is 5.26. The second-order valence-corrected chi connectivity index (χ2v) is 5.29. The summed E-state index contributed by atoms with van der Waals surface area (Å²) in [4.78, 5) is 0. The minimum atomic E-state index is -1.28. The fraction of sp³-hybridized carbons (Fsp3) is 1.00. The van der Waals surface area contributed by atoms with Gasteiger partial charge in [-0.2, -0.15) is 0 Å². The first-order valence-electron chi connectivity index (χ1n) is 5.58. The van der Waals surface area contributed by atoms with E-state index in [1.54, 1.807) is 0 Å². The fourth-order valence-electron chi connectivity index (χ4n) is 1.32. The largest absolute Gasteiger partial charge is 0.397 e. The molecule has 0 aromatic carbocycles. The van der Waals surface area contributed by atoms with Crippen molar-refractivity contribution < 1.29 is 8.85 Å². The Morgan fingerprint density at radius 1 is 0.846 bits per heavy atom. The Bertz CT molecular complexity index is 92.9. The first-order valence-corrected chi connectivity index (χ1v) is 7.34. The molecule has 0 radical (unpaired) electrons. The van der Waals surface area contributed by atoms with Gasteiger partial charge in [0.15, 0.2) is 0 Å². The van der Waals surface area contributed by atoms with E-state index in [1.165, 1.54) is 31.7 Å². The van der Waals surface area contributed by atoms with Gasteiger partial charge >= 0.3 is 9.28 Å². The maximum atomic E-state index is 5.58. The number of unbranched alkanes of at least 4 members (excludes halogenated alkanes) is 3. The first-order chi connectivity index (χ1) is 6.35. The van der Waals surface area contributed by atoms with Crippen LogP contribution in [0.1, 0.15) is 46.5 Å². The van der Waals surface area contributed by atoms with E-state index in [0.29, 0.717) is 0 Å². The second-order valence-electron chi connectivity index (χ2n) is 3.19. The number of hydrogen-bond acceptors (Lipinski definition) is 2. The zero-order valence-corrected chi connectivity index (χ0v) is 10.5. The lowest BCUT2D eigenvalue weighted by atomic mass is 10.2. The van der Waals surface area contributed by atoms with Crippen LogP contribution in [0.5, 0.6) is 0 Å². The van der Waals surface area contributed by atoms with Crippen LogP contribution >= 0.6 is 0 Å². The predicted octanol–water partition coefficient (Wildman–Crippen LogP) is 2.86. The van der Waals surface area contributed by atoms with E-state index < -0.39 is 9.28 Å². The average molecular weight is 204 g/mol. The van der Waals surface area contributed by atoms with Gasteiger partial charge in [0.1, 0.15) is 0 Å². The normalized spacial score (nSPS) is 11.1. The van der Waals surface area contributed by atoms with E-state index in [1.807, 2.05) is 13.8 Å². The summed E-state index contributed by atoms with van der Waals surface area (Å²) in [6, 6.07) is 1.18. The third-order valence-electron chi connectivity index (χ3n) is 2.00. The lowest BCUT2D eigenvalue weighted by Crippen LogP contribution is -2.22. The molecule has 0 fully saturated rings. The summed E-state index contributed by atoms with van der Waals surface area (Å²) in [5.41, 5.74) is 0. The molecular formula is C10H24O2Si. The van der Waals surface area contributed by atoms with Crippen LogP contribution in [0.2, 0.25) is 6.04 Å². The van der Waals surface area contributed by atoms with E-state index in [-0.39, 0.29) is 0 Å². The van der Waals surface area contributed by atoms with Gasteiger partial charge in [0.25, 0.3) is 0 Å². The van der Waals surface area contributed by atoms with Crippen molar-refractivity contribution in [2.24, 2.45) is 0 Å². The zero-order valence-electron chi connectivity index (χ0n) is 9.34. The molecule has 0 aliphatic heterocycles. The Hall–Kier alpha value is 0.137. The predicted molar refractivity (Wildman–Crippen MR) is 59.4 cm³/mol. The van der Waals surface area contributed by atoms with Crippen molar-refractivity contribution in [3.63, 3.8) is 0 Å². The number of hydrogen-bond donors (Lipinski definition) is 0. The summed E-state index contributed by atoms with van der Waals surface area (Å²) < 4.78 is 11.2. The second kappa shape index (κ2) is 10.2. The van der Waals surface area contributed by atoms with E-state index >= 15 is 0 Å². The molecule has 0 rings (SSSR count). The van der Waals surface area contributed by atoms with Gasteiger partial charge in [0.05, 0.1) is 0 Å². The van der Waals surface area contributed by atoms with Crippen molar-refractivity contribution in [1.29, 1.82) is 0 Å². The van der Waals surface area contributed by atoms with E-state index in [4.69, 9.17) is 8.85 Å². The highest BCUT2D eigenvalue weighted by Crippen LogP contribution is 2.07. The molecule has 2 nitrogen and oxygen atoms in total. The van der Waals surface area contributed by atoms with E-state index in [2.05, 4.69) is 6.92 Å². The lowest BCUT2D eigenvalue weighted by Gasteiger charge is -2.14. The third-order valence-corrected chi connectivity index (χ3v) is 4.29.